The Morgan fingerprint density at radius 1 is 1.38 bits per heavy atom. The predicted octanol–water partition coefficient (Wildman–Crippen LogP) is 2.99. The molecule has 1 aromatic carbocycles. The minimum Gasteiger partial charge on any atom is -0.314 e. The lowest BCUT2D eigenvalue weighted by Gasteiger charge is -2.12. The molecular weight excluding hydrogens is 226 g/mol. The minimum atomic E-state index is 0.545. The van der Waals surface area contributed by atoms with E-state index in [1.165, 1.54) is 10.0 Å². The van der Waals surface area contributed by atoms with Crippen molar-refractivity contribution in [1.29, 1.82) is 0 Å². The molecule has 1 N–H and O–H groups in total. The van der Waals surface area contributed by atoms with Gasteiger partial charge < -0.3 is 5.32 Å². The van der Waals surface area contributed by atoms with Gasteiger partial charge in [0.1, 0.15) is 0 Å². The molecule has 0 aliphatic heterocycles. The van der Waals surface area contributed by atoms with Crippen LogP contribution in [0.25, 0.3) is 0 Å². The van der Waals surface area contributed by atoms with E-state index in [4.69, 9.17) is 0 Å². The van der Waals surface area contributed by atoms with Crippen molar-refractivity contribution in [3.63, 3.8) is 0 Å². The highest BCUT2D eigenvalue weighted by atomic mass is 79.9. The van der Waals surface area contributed by atoms with Crippen LogP contribution in [0.4, 0.5) is 0 Å². The summed E-state index contributed by atoms with van der Waals surface area (Å²) in [7, 11) is 0. The van der Waals surface area contributed by atoms with Crippen molar-refractivity contribution in [2.75, 3.05) is 6.54 Å². The zero-order valence-corrected chi connectivity index (χ0v) is 9.76. The van der Waals surface area contributed by atoms with Gasteiger partial charge >= 0.3 is 0 Å². The van der Waals surface area contributed by atoms with Crippen molar-refractivity contribution < 1.29 is 0 Å². The number of rotatable bonds is 4. The molecule has 1 aromatic rings. The highest BCUT2D eigenvalue weighted by molar-refractivity contribution is 9.10. The molecule has 0 aliphatic carbocycles. The maximum absolute atomic E-state index is 3.55. The fourth-order valence-electron chi connectivity index (χ4n) is 1.41. The fraction of sp³-hybridized carbons (Fsp3) is 0.455. The summed E-state index contributed by atoms with van der Waals surface area (Å²) in [4.78, 5) is 0. The molecule has 0 aromatic heterocycles. The van der Waals surface area contributed by atoms with Gasteiger partial charge in [-0.25, -0.2) is 0 Å². The maximum atomic E-state index is 3.55. The molecule has 72 valence electrons. The summed E-state index contributed by atoms with van der Waals surface area (Å²) in [5, 5.41) is 3.40. The molecule has 0 bridgehead atoms. The van der Waals surface area contributed by atoms with Crippen LogP contribution in [0.3, 0.4) is 0 Å². The van der Waals surface area contributed by atoms with E-state index >= 15 is 0 Å². The smallest absolute Gasteiger partial charge is 0.0207 e. The van der Waals surface area contributed by atoms with E-state index in [9.17, 15) is 0 Å². The van der Waals surface area contributed by atoms with Crippen LogP contribution in [0, 0.1) is 0 Å². The monoisotopic (exact) mass is 241 g/mol. The number of halogens is 1. The molecule has 1 atom stereocenters. The van der Waals surface area contributed by atoms with Gasteiger partial charge in [0.05, 0.1) is 0 Å². The zero-order chi connectivity index (χ0) is 9.68. The topological polar surface area (TPSA) is 12.0 Å². The van der Waals surface area contributed by atoms with Crippen molar-refractivity contribution in [1.82, 2.24) is 5.32 Å². The van der Waals surface area contributed by atoms with E-state index in [2.05, 4.69) is 53.3 Å². The quantitative estimate of drug-likeness (QED) is 0.855. The van der Waals surface area contributed by atoms with Crippen molar-refractivity contribution in [3.8, 4) is 0 Å². The molecule has 0 heterocycles. The molecule has 1 rings (SSSR count). The van der Waals surface area contributed by atoms with E-state index in [0.717, 1.165) is 13.0 Å². The first-order valence-electron chi connectivity index (χ1n) is 4.70. The molecule has 0 saturated carbocycles. The molecular formula is C11H16BrN. The molecule has 0 spiro atoms. The second-order valence-electron chi connectivity index (χ2n) is 3.25. The van der Waals surface area contributed by atoms with Crippen LogP contribution in [0.1, 0.15) is 19.4 Å². The lowest BCUT2D eigenvalue weighted by molar-refractivity contribution is 0.564. The maximum Gasteiger partial charge on any atom is 0.0207 e. The van der Waals surface area contributed by atoms with E-state index < -0.39 is 0 Å². The third-order valence-corrected chi connectivity index (χ3v) is 2.81. The van der Waals surface area contributed by atoms with Gasteiger partial charge in [-0.05, 0) is 31.5 Å². The Balaban J connectivity index is 2.58. The van der Waals surface area contributed by atoms with E-state index in [1.54, 1.807) is 0 Å². The summed E-state index contributed by atoms with van der Waals surface area (Å²) in [6.45, 7) is 5.38. The Morgan fingerprint density at radius 3 is 2.69 bits per heavy atom. The molecule has 13 heavy (non-hydrogen) atoms. The van der Waals surface area contributed by atoms with Crippen LogP contribution in [-0.2, 0) is 6.42 Å². The molecule has 0 saturated heterocycles. The summed E-state index contributed by atoms with van der Waals surface area (Å²) >= 11 is 3.55. The number of likely N-dealkylation sites (N-methyl/N-ethyl adjacent to an activating group) is 1. The lowest BCUT2D eigenvalue weighted by atomic mass is 10.1. The average molecular weight is 242 g/mol. The van der Waals surface area contributed by atoms with Crippen molar-refractivity contribution in [3.05, 3.63) is 34.3 Å². The summed E-state index contributed by atoms with van der Waals surface area (Å²) in [5.74, 6) is 0. The molecule has 0 amide bonds. The third-order valence-electron chi connectivity index (χ3n) is 2.04. The van der Waals surface area contributed by atoms with Crippen LogP contribution in [0.2, 0.25) is 0 Å². The predicted molar refractivity (Wildman–Crippen MR) is 61.0 cm³/mol. The van der Waals surface area contributed by atoms with Crippen molar-refractivity contribution in [2.45, 2.75) is 26.3 Å². The highest BCUT2D eigenvalue weighted by Crippen LogP contribution is 2.17. The van der Waals surface area contributed by atoms with Gasteiger partial charge in [-0.3, -0.25) is 0 Å². The van der Waals surface area contributed by atoms with Crippen molar-refractivity contribution >= 4 is 15.9 Å². The summed E-state index contributed by atoms with van der Waals surface area (Å²) in [5.41, 5.74) is 1.37. The van der Waals surface area contributed by atoms with Crippen LogP contribution in [0.5, 0.6) is 0 Å². The Labute approximate surface area is 88.7 Å². The van der Waals surface area contributed by atoms with E-state index in [0.29, 0.717) is 6.04 Å². The van der Waals surface area contributed by atoms with Gasteiger partial charge in [-0.1, -0.05) is 41.1 Å². The summed E-state index contributed by atoms with van der Waals surface area (Å²) in [6.07, 6.45) is 1.08. The Bertz CT molecular complexity index is 260. The lowest BCUT2D eigenvalue weighted by Crippen LogP contribution is -2.27. The summed E-state index contributed by atoms with van der Waals surface area (Å²) < 4.78 is 1.21. The van der Waals surface area contributed by atoms with Gasteiger partial charge in [0, 0.05) is 10.5 Å². The Morgan fingerprint density at radius 2 is 2.08 bits per heavy atom. The van der Waals surface area contributed by atoms with Gasteiger partial charge in [-0.2, -0.15) is 0 Å². The van der Waals surface area contributed by atoms with Gasteiger partial charge in [0.25, 0.3) is 0 Å². The first-order valence-corrected chi connectivity index (χ1v) is 5.50. The molecule has 1 nitrogen and oxygen atoms in total. The van der Waals surface area contributed by atoms with Crippen molar-refractivity contribution in [2.24, 2.45) is 0 Å². The standard InChI is InChI=1S/C11H16BrN/c1-3-13-9(2)8-10-6-4-5-7-11(10)12/h4-7,9,13H,3,8H2,1-2H3. The first-order chi connectivity index (χ1) is 6.24. The van der Waals surface area contributed by atoms with Crippen LogP contribution in [-0.4, -0.2) is 12.6 Å². The largest absolute Gasteiger partial charge is 0.314 e. The Hall–Kier alpha value is -0.340. The number of benzene rings is 1. The fourth-order valence-corrected chi connectivity index (χ4v) is 1.86. The number of hydrogen-bond donors (Lipinski definition) is 1. The number of hydrogen-bond acceptors (Lipinski definition) is 1. The van der Waals surface area contributed by atoms with Crippen LogP contribution < -0.4 is 5.32 Å². The van der Waals surface area contributed by atoms with E-state index in [1.807, 2.05) is 6.07 Å². The SMILES string of the molecule is CCNC(C)Cc1ccccc1Br. The van der Waals surface area contributed by atoms with Gasteiger partial charge in [0.15, 0.2) is 0 Å². The third kappa shape index (κ3) is 3.49. The Kier molecular flexibility index (Phi) is 4.46. The first kappa shape index (κ1) is 10.7. The normalized spacial score (nSPS) is 12.8. The summed E-state index contributed by atoms with van der Waals surface area (Å²) in [6, 6.07) is 8.93. The minimum absolute atomic E-state index is 0.545. The van der Waals surface area contributed by atoms with Crippen LogP contribution >= 0.6 is 15.9 Å². The second-order valence-corrected chi connectivity index (χ2v) is 4.11. The van der Waals surface area contributed by atoms with Gasteiger partial charge in [-0.15, -0.1) is 0 Å². The van der Waals surface area contributed by atoms with E-state index in [-0.39, 0.29) is 0 Å². The highest BCUT2D eigenvalue weighted by Gasteiger charge is 2.03. The molecule has 2 heteroatoms. The molecule has 1 unspecified atom stereocenters. The van der Waals surface area contributed by atoms with Crippen LogP contribution in [0.15, 0.2) is 28.7 Å². The molecule has 0 fully saturated rings. The molecule has 0 radical (unpaired) electrons. The second kappa shape index (κ2) is 5.40. The average Bonchev–Trinajstić information content (AvgIpc) is 2.09. The van der Waals surface area contributed by atoms with Gasteiger partial charge in [0.2, 0.25) is 0 Å². The molecule has 0 aliphatic rings. The zero-order valence-electron chi connectivity index (χ0n) is 8.18. The number of nitrogens with one attached hydrogen (secondary N) is 1.